The van der Waals surface area contributed by atoms with E-state index in [1.807, 2.05) is 6.92 Å². The Balaban J connectivity index is 2.14. The fourth-order valence-electron chi connectivity index (χ4n) is 1.58. The third-order valence-electron chi connectivity index (χ3n) is 2.66. The van der Waals surface area contributed by atoms with E-state index in [9.17, 15) is 8.78 Å². The van der Waals surface area contributed by atoms with Crippen LogP contribution in [-0.2, 0) is 0 Å². The van der Waals surface area contributed by atoms with Crippen LogP contribution in [0.1, 0.15) is 19.8 Å². The zero-order valence-corrected chi connectivity index (χ0v) is 8.06. The van der Waals surface area contributed by atoms with E-state index in [-0.39, 0.29) is 11.7 Å². The van der Waals surface area contributed by atoms with E-state index >= 15 is 0 Å². The highest BCUT2D eigenvalue weighted by atomic mass is 19.1. The average Bonchev–Trinajstić information content (AvgIpc) is 2.94. The first-order valence-electron chi connectivity index (χ1n) is 4.89. The van der Waals surface area contributed by atoms with Crippen molar-refractivity contribution >= 4 is 5.69 Å². The third kappa shape index (κ3) is 1.86. The van der Waals surface area contributed by atoms with Crippen LogP contribution in [-0.4, -0.2) is 6.04 Å². The molecule has 1 fully saturated rings. The summed E-state index contributed by atoms with van der Waals surface area (Å²) in [6, 6.07) is 4.06. The summed E-state index contributed by atoms with van der Waals surface area (Å²) in [4.78, 5) is 0. The van der Waals surface area contributed by atoms with Gasteiger partial charge in [-0.15, -0.1) is 0 Å². The van der Waals surface area contributed by atoms with E-state index < -0.39 is 11.6 Å². The molecule has 0 radical (unpaired) electrons. The molecule has 1 aliphatic rings. The monoisotopic (exact) mass is 197 g/mol. The van der Waals surface area contributed by atoms with Gasteiger partial charge in [0.2, 0.25) is 0 Å². The highest BCUT2D eigenvalue weighted by Gasteiger charge is 2.28. The highest BCUT2D eigenvalue weighted by molar-refractivity contribution is 5.47. The van der Waals surface area contributed by atoms with E-state index in [1.165, 1.54) is 18.2 Å². The van der Waals surface area contributed by atoms with Gasteiger partial charge < -0.3 is 5.32 Å². The van der Waals surface area contributed by atoms with Gasteiger partial charge in [0.1, 0.15) is 17.3 Å². The summed E-state index contributed by atoms with van der Waals surface area (Å²) in [5, 5.41) is 2.89. The van der Waals surface area contributed by atoms with Gasteiger partial charge in [-0.25, -0.2) is 8.78 Å². The highest BCUT2D eigenvalue weighted by Crippen LogP contribution is 2.34. The topological polar surface area (TPSA) is 12.0 Å². The zero-order chi connectivity index (χ0) is 10.1. The first-order valence-corrected chi connectivity index (χ1v) is 4.89. The molecule has 0 amide bonds. The van der Waals surface area contributed by atoms with E-state index in [0.717, 1.165) is 12.8 Å². The van der Waals surface area contributed by atoms with Crippen LogP contribution in [0.3, 0.4) is 0 Å². The van der Waals surface area contributed by atoms with Crippen LogP contribution in [0.25, 0.3) is 0 Å². The average molecular weight is 197 g/mol. The zero-order valence-electron chi connectivity index (χ0n) is 8.06. The van der Waals surface area contributed by atoms with Crippen molar-refractivity contribution in [1.82, 2.24) is 0 Å². The van der Waals surface area contributed by atoms with Crippen molar-refractivity contribution in [3.05, 3.63) is 29.8 Å². The van der Waals surface area contributed by atoms with Crippen molar-refractivity contribution in [2.45, 2.75) is 25.8 Å². The molecule has 1 aliphatic carbocycles. The molecule has 0 spiro atoms. The molecular formula is C11H13F2N. The molecule has 1 aromatic carbocycles. The summed E-state index contributed by atoms with van der Waals surface area (Å²) in [6.45, 7) is 1.96. The molecule has 1 N–H and O–H groups in total. The van der Waals surface area contributed by atoms with E-state index in [2.05, 4.69) is 5.32 Å². The molecule has 1 atom stereocenters. The number of anilines is 1. The van der Waals surface area contributed by atoms with Crippen LogP contribution in [0, 0.1) is 17.6 Å². The Morgan fingerprint density at radius 2 is 1.86 bits per heavy atom. The first kappa shape index (κ1) is 9.44. The molecular weight excluding hydrogens is 184 g/mol. The van der Waals surface area contributed by atoms with Crippen molar-refractivity contribution < 1.29 is 8.78 Å². The molecule has 1 aromatic rings. The fourth-order valence-corrected chi connectivity index (χ4v) is 1.58. The van der Waals surface area contributed by atoms with Crippen LogP contribution < -0.4 is 5.32 Å². The number of hydrogen-bond donors (Lipinski definition) is 1. The van der Waals surface area contributed by atoms with E-state index in [0.29, 0.717) is 5.92 Å². The maximum absolute atomic E-state index is 13.2. The number of halogens is 2. The second-order valence-corrected chi connectivity index (χ2v) is 3.87. The Morgan fingerprint density at radius 1 is 1.29 bits per heavy atom. The summed E-state index contributed by atoms with van der Waals surface area (Å²) in [5.74, 6) is -0.455. The molecule has 0 aromatic heterocycles. The molecule has 2 rings (SSSR count). The van der Waals surface area contributed by atoms with Gasteiger partial charge in [-0.3, -0.25) is 0 Å². The van der Waals surface area contributed by atoms with Gasteiger partial charge >= 0.3 is 0 Å². The van der Waals surface area contributed by atoms with E-state index in [1.54, 1.807) is 0 Å². The minimum Gasteiger partial charge on any atom is -0.378 e. The molecule has 0 aliphatic heterocycles. The van der Waals surface area contributed by atoms with Crippen LogP contribution in [0.15, 0.2) is 18.2 Å². The van der Waals surface area contributed by atoms with Gasteiger partial charge in [-0.05, 0) is 37.8 Å². The van der Waals surface area contributed by atoms with Crippen molar-refractivity contribution in [1.29, 1.82) is 0 Å². The van der Waals surface area contributed by atoms with Gasteiger partial charge in [0.05, 0.1) is 0 Å². The number of para-hydroxylation sites is 1. The van der Waals surface area contributed by atoms with Gasteiger partial charge in [-0.1, -0.05) is 6.07 Å². The molecule has 1 saturated carbocycles. The van der Waals surface area contributed by atoms with Gasteiger partial charge in [0.15, 0.2) is 0 Å². The quantitative estimate of drug-likeness (QED) is 0.784. The number of hydrogen-bond acceptors (Lipinski definition) is 1. The Morgan fingerprint density at radius 3 is 2.36 bits per heavy atom. The first-order chi connectivity index (χ1) is 6.68. The molecule has 76 valence electrons. The maximum Gasteiger partial charge on any atom is 0.149 e. The molecule has 0 bridgehead atoms. The Labute approximate surface area is 82.1 Å². The Hall–Kier alpha value is -1.12. The lowest BCUT2D eigenvalue weighted by Gasteiger charge is -2.15. The predicted molar refractivity (Wildman–Crippen MR) is 52.2 cm³/mol. The van der Waals surface area contributed by atoms with Crippen molar-refractivity contribution in [3.63, 3.8) is 0 Å². The second kappa shape index (κ2) is 3.56. The third-order valence-corrected chi connectivity index (χ3v) is 2.66. The number of benzene rings is 1. The molecule has 3 heteroatoms. The van der Waals surface area contributed by atoms with Crippen LogP contribution >= 0.6 is 0 Å². The summed E-state index contributed by atoms with van der Waals surface area (Å²) in [5.41, 5.74) is 0.00639. The normalized spacial score (nSPS) is 17.9. The molecule has 0 heterocycles. The van der Waals surface area contributed by atoms with E-state index in [4.69, 9.17) is 0 Å². The molecule has 0 saturated heterocycles. The minimum atomic E-state index is -0.516. The summed E-state index contributed by atoms with van der Waals surface area (Å²) < 4.78 is 26.4. The summed E-state index contributed by atoms with van der Waals surface area (Å²) >= 11 is 0. The Bertz CT molecular complexity index is 314. The summed E-state index contributed by atoms with van der Waals surface area (Å²) in [7, 11) is 0. The fraction of sp³-hybridized carbons (Fsp3) is 0.455. The SMILES string of the molecule is CC(Nc1c(F)cccc1F)C1CC1. The van der Waals surface area contributed by atoms with Crippen LogP contribution in [0.4, 0.5) is 14.5 Å². The number of nitrogens with one attached hydrogen (secondary N) is 1. The second-order valence-electron chi connectivity index (χ2n) is 3.87. The van der Waals surface area contributed by atoms with Crippen LogP contribution in [0.2, 0.25) is 0 Å². The van der Waals surface area contributed by atoms with Gasteiger partial charge in [0.25, 0.3) is 0 Å². The summed E-state index contributed by atoms with van der Waals surface area (Å²) in [6.07, 6.45) is 2.31. The predicted octanol–water partition coefficient (Wildman–Crippen LogP) is 3.18. The maximum atomic E-state index is 13.2. The standard InChI is InChI=1S/C11H13F2N/c1-7(8-5-6-8)14-11-9(12)3-2-4-10(11)13/h2-4,7-8,14H,5-6H2,1H3. The molecule has 1 unspecified atom stereocenters. The van der Waals surface area contributed by atoms with Crippen LogP contribution in [0.5, 0.6) is 0 Å². The largest absolute Gasteiger partial charge is 0.378 e. The molecule has 14 heavy (non-hydrogen) atoms. The van der Waals surface area contributed by atoms with Crippen molar-refractivity contribution in [2.24, 2.45) is 5.92 Å². The Kier molecular flexibility index (Phi) is 2.40. The lowest BCUT2D eigenvalue weighted by Crippen LogP contribution is -2.19. The molecule has 1 nitrogen and oxygen atoms in total. The minimum absolute atomic E-state index is 0.00639. The lowest BCUT2D eigenvalue weighted by atomic mass is 10.2. The lowest BCUT2D eigenvalue weighted by molar-refractivity contribution is 0.577. The van der Waals surface area contributed by atoms with Gasteiger partial charge in [0, 0.05) is 6.04 Å². The number of rotatable bonds is 3. The van der Waals surface area contributed by atoms with Crippen molar-refractivity contribution in [2.75, 3.05) is 5.32 Å². The smallest absolute Gasteiger partial charge is 0.149 e. The van der Waals surface area contributed by atoms with Crippen molar-refractivity contribution in [3.8, 4) is 0 Å². The van der Waals surface area contributed by atoms with Gasteiger partial charge in [-0.2, -0.15) is 0 Å².